The van der Waals surface area contributed by atoms with E-state index in [9.17, 15) is 23.8 Å². The third-order valence-corrected chi connectivity index (χ3v) is 5.14. The highest BCUT2D eigenvalue weighted by atomic mass is 19.3. The summed E-state index contributed by atoms with van der Waals surface area (Å²) in [6.07, 6.45) is -0.535. The second kappa shape index (κ2) is 8.79. The number of allylic oxidation sites excluding steroid dienone is 1. The van der Waals surface area contributed by atoms with Gasteiger partial charge in [-0.05, 0) is 36.1 Å². The minimum atomic E-state index is -2.97. The number of aliphatic hydroxyl groups is 1. The van der Waals surface area contributed by atoms with Crippen LogP contribution in [0.5, 0.6) is 5.75 Å². The summed E-state index contributed by atoms with van der Waals surface area (Å²) in [6.45, 7) is 5.34. The zero-order chi connectivity index (χ0) is 21.9. The Labute approximate surface area is 173 Å². The fraction of sp³-hybridized carbons (Fsp3) is 0.292. The average molecular weight is 414 g/mol. The van der Waals surface area contributed by atoms with E-state index >= 15 is 0 Å². The molecule has 1 aromatic heterocycles. The van der Waals surface area contributed by atoms with E-state index in [4.69, 9.17) is 4.42 Å². The number of halogens is 2. The summed E-state index contributed by atoms with van der Waals surface area (Å²) in [5.74, 6) is -3.29. The smallest absolute Gasteiger partial charge is 0.344 e. The molecule has 1 atom stereocenters. The van der Waals surface area contributed by atoms with Crippen molar-refractivity contribution in [3.05, 3.63) is 76.7 Å². The van der Waals surface area contributed by atoms with Crippen LogP contribution in [-0.2, 0) is 6.42 Å². The number of hydrogen-bond donors (Lipinski definition) is 2. The highest BCUT2D eigenvalue weighted by Crippen LogP contribution is 2.35. The number of benzene rings is 2. The molecule has 0 aliphatic heterocycles. The average Bonchev–Trinajstić information content (AvgIpc) is 2.71. The predicted molar refractivity (Wildman–Crippen MR) is 113 cm³/mol. The van der Waals surface area contributed by atoms with Crippen LogP contribution in [0.15, 0.2) is 64.3 Å². The largest absolute Gasteiger partial charge is 0.507 e. The lowest BCUT2D eigenvalue weighted by Gasteiger charge is -2.18. The lowest BCUT2D eigenvalue weighted by molar-refractivity contribution is -0.0179. The van der Waals surface area contributed by atoms with Crippen molar-refractivity contribution in [1.29, 1.82) is 0 Å². The fourth-order valence-electron chi connectivity index (χ4n) is 3.38. The Bertz CT molecular complexity index is 1100. The summed E-state index contributed by atoms with van der Waals surface area (Å²) >= 11 is 0. The topological polar surface area (TPSA) is 70.7 Å². The van der Waals surface area contributed by atoms with Gasteiger partial charge < -0.3 is 14.6 Å². The summed E-state index contributed by atoms with van der Waals surface area (Å²) in [5, 5.41) is 21.1. The van der Waals surface area contributed by atoms with Crippen molar-refractivity contribution in [2.45, 2.75) is 44.6 Å². The molecule has 0 amide bonds. The van der Waals surface area contributed by atoms with E-state index in [2.05, 4.69) is 6.58 Å². The summed E-state index contributed by atoms with van der Waals surface area (Å²) in [4.78, 5) is 12.4. The van der Waals surface area contributed by atoms with Gasteiger partial charge in [0.15, 0.2) is 0 Å². The Balaban J connectivity index is 1.95. The Kier molecular flexibility index (Phi) is 6.37. The number of alkyl halides is 2. The van der Waals surface area contributed by atoms with E-state index < -0.39 is 30.5 Å². The summed E-state index contributed by atoms with van der Waals surface area (Å²) in [6, 6.07) is 11.8. The predicted octanol–water partition coefficient (Wildman–Crippen LogP) is 5.75. The summed E-state index contributed by atoms with van der Waals surface area (Å²) in [7, 11) is 0. The lowest BCUT2D eigenvalue weighted by atomic mass is 9.98. The second-order valence-corrected chi connectivity index (χ2v) is 7.35. The van der Waals surface area contributed by atoms with Crippen molar-refractivity contribution < 1.29 is 23.4 Å². The molecule has 3 rings (SSSR count). The molecular formula is C24H24F2O4. The molecule has 0 saturated heterocycles. The SMILES string of the molecule is C=CCC(F)(F)CCC(O)c1cc2cc(-c3ccc(CC)cc3)c(=O)oc2cc1O. The first-order chi connectivity index (χ1) is 14.2. The van der Waals surface area contributed by atoms with E-state index in [1.54, 1.807) is 6.07 Å². The van der Waals surface area contributed by atoms with E-state index in [0.29, 0.717) is 16.5 Å². The Hall–Kier alpha value is -2.99. The van der Waals surface area contributed by atoms with Crippen LogP contribution in [0.4, 0.5) is 8.78 Å². The van der Waals surface area contributed by atoms with Crippen molar-refractivity contribution in [2.75, 3.05) is 0 Å². The summed E-state index contributed by atoms with van der Waals surface area (Å²) < 4.78 is 32.7. The maximum absolute atomic E-state index is 13.7. The molecule has 30 heavy (non-hydrogen) atoms. The van der Waals surface area contributed by atoms with Gasteiger partial charge in [-0.1, -0.05) is 37.3 Å². The molecule has 2 N–H and O–H groups in total. The van der Waals surface area contributed by atoms with Crippen LogP contribution >= 0.6 is 0 Å². The third-order valence-electron chi connectivity index (χ3n) is 5.14. The molecule has 0 saturated carbocycles. The molecule has 158 valence electrons. The highest BCUT2D eigenvalue weighted by molar-refractivity contribution is 5.84. The number of hydrogen-bond acceptors (Lipinski definition) is 4. The number of rotatable bonds is 8. The zero-order valence-corrected chi connectivity index (χ0v) is 16.7. The number of aliphatic hydroxyl groups excluding tert-OH is 1. The molecule has 4 nitrogen and oxygen atoms in total. The first-order valence-electron chi connectivity index (χ1n) is 9.81. The van der Waals surface area contributed by atoms with Crippen LogP contribution in [0, 0.1) is 0 Å². The fourth-order valence-corrected chi connectivity index (χ4v) is 3.38. The van der Waals surface area contributed by atoms with Crippen LogP contribution in [0.1, 0.15) is 43.4 Å². The molecule has 0 bridgehead atoms. The van der Waals surface area contributed by atoms with Crippen molar-refractivity contribution in [1.82, 2.24) is 0 Å². The number of phenolic OH excluding ortho intramolecular Hbond substituents is 1. The number of aromatic hydroxyl groups is 1. The van der Waals surface area contributed by atoms with Gasteiger partial charge in [-0.15, -0.1) is 6.58 Å². The molecular weight excluding hydrogens is 390 g/mol. The molecule has 0 fully saturated rings. The number of phenols is 1. The van der Waals surface area contributed by atoms with Crippen LogP contribution in [0.2, 0.25) is 0 Å². The maximum atomic E-state index is 13.7. The Morgan fingerprint density at radius 2 is 1.90 bits per heavy atom. The van der Waals surface area contributed by atoms with Crippen molar-refractivity contribution in [3.8, 4) is 16.9 Å². The third kappa shape index (κ3) is 4.76. The van der Waals surface area contributed by atoms with Crippen LogP contribution in [0.3, 0.4) is 0 Å². The van der Waals surface area contributed by atoms with Crippen LogP contribution < -0.4 is 5.63 Å². The molecule has 0 spiro atoms. The van der Waals surface area contributed by atoms with Gasteiger partial charge in [0, 0.05) is 29.9 Å². The second-order valence-electron chi connectivity index (χ2n) is 7.35. The molecule has 0 radical (unpaired) electrons. The minimum absolute atomic E-state index is 0.109. The Morgan fingerprint density at radius 1 is 1.20 bits per heavy atom. The maximum Gasteiger partial charge on any atom is 0.344 e. The molecule has 3 aromatic rings. The molecule has 2 aromatic carbocycles. The quantitative estimate of drug-likeness (QED) is 0.364. The monoisotopic (exact) mass is 414 g/mol. The van der Waals surface area contributed by atoms with Gasteiger partial charge in [0.2, 0.25) is 0 Å². The first-order valence-corrected chi connectivity index (χ1v) is 9.81. The number of fused-ring (bicyclic) bond motifs is 1. The van der Waals surface area contributed by atoms with E-state index in [1.807, 2.05) is 31.2 Å². The first kappa shape index (κ1) is 21.7. The van der Waals surface area contributed by atoms with Crippen molar-refractivity contribution in [2.24, 2.45) is 0 Å². The molecule has 1 heterocycles. The number of aryl methyl sites for hydroxylation is 1. The van der Waals surface area contributed by atoms with E-state index in [1.165, 1.54) is 12.1 Å². The van der Waals surface area contributed by atoms with Gasteiger partial charge in [-0.2, -0.15) is 0 Å². The van der Waals surface area contributed by atoms with Gasteiger partial charge in [-0.3, -0.25) is 0 Å². The van der Waals surface area contributed by atoms with Crippen molar-refractivity contribution >= 4 is 11.0 Å². The zero-order valence-electron chi connectivity index (χ0n) is 16.7. The van der Waals surface area contributed by atoms with Gasteiger partial charge >= 0.3 is 5.63 Å². The standard InChI is InChI=1S/C24H24F2O4/c1-3-10-24(25,26)11-9-20(27)19-13-17-12-18(16-7-5-15(4-2)6-8-16)23(29)30-22(17)14-21(19)28/h3,5-8,12-14,20,27-28H,1,4,9-11H2,2H3. The van der Waals surface area contributed by atoms with Crippen LogP contribution in [0.25, 0.3) is 22.1 Å². The van der Waals surface area contributed by atoms with Gasteiger partial charge in [0.25, 0.3) is 5.92 Å². The molecule has 6 heteroatoms. The normalized spacial score (nSPS) is 12.8. The molecule has 0 aliphatic carbocycles. The minimum Gasteiger partial charge on any atom is -0.507 e. The van der Waals surface area contributed by atoms with Crippen molar-refractivity contribution in [3.63, 3.8) is 0 Å². The lowest BCUT2D eigenvalue weighted by Crippen LogP contribution is -2.16. The van der Waals surface area contributed by atoms with Gasteiger partial charge in [-0.25, -0.2) is 13.6 Å². The Morgan fingerprint density at radius 3 is 2.53 bits per heavy atom. The molecule has 1 unspecified atom stereocenters. The van der Waals surface area contributed by atoms with Gasteiger partial charge in [0.1, 0.15) is 11.3 Å². The molecule has 0 aliphatic rings. The highest BCUT2D eigenvalue weighted by Gasteiger charge is 2.28. The van der Waals surface area contributed by atoms with E-state index in [0.717, 1.165) is 18.1 Å². The van der Waals surface area contributed by atoms with E-state index in [-0.39, 0.29) is 23.3 Å². The van der Waals surface area contributed by atoms with Crippen LogP contribution in [-0.4, -0.2) is 16.1 Å². The van der Waals surface area contributed by atoms with Gasteiger partial charge in [0.05, 0.1) is 11.7 Å². The summed E-state index contributed by atoms with van der Waals surface area (Å²) in [5.41, 5.74) is 1.87.